The normalized spacial score (nSPS) is 14.3. The maximum Gasteiger partial charge on any atom is 0.412 e. The minimum absolute atomic E-state index is 1.18. The minimum atomic E-state index is -5.34. The Kier molecular flexibility index (Phi) is 3.70. The molecular weight excluding hydrogens is 272 g/mol. The van der Waals surface area contributed by atoms with Gasteiger partial charge in [0, 0.05) is 0 Å². The molecule has 0 atom stereocenters. The van der Waals surface area contributed by atoms with Crippen LogP contribution in [0.5, 0.6) is 0 Å². The molecule has 0 fully saturated rings. The SMILES string of the molecule is O=S(=O)(O)OS(=O)(=O)SS(=O)(=O)O. The number of hydrogen-bond donors (Lipinski definition) is 2. The molecule has 80 valence electrons. The van der Waals surface area contributed by atoms with Crippen LogP contribution in [0.1, 0.15) is 0 Å². The smallest absolute Gasteiger partial charge is 0.276 e. The van der Waals surface area contributed by atoms with Gasteiger partial charge < -0.3 is 0 Å². The topological polar surface area (TPSA) is 152 Å². The van der Waals surface area contributed by atoms with E-state index in [9.17, 15) is 25.3 Å². The Morgan fingerprint density at radius 2 is 1.31 bits per heavy atom. The lowest BCUT2D eigenvalue weighted by Gasteiger charge is -1.96. The van der Waals surface area contributed by atoms with Crippen molar-refractivity contribution in [2.75, 3.05) is 0 Å². The van der Waals surface area contributed by atoms with Gasteiger partial charge in [-0.15, -0.1) is 3.63 Å². The van der Waals surface area contributed by atoms with Gasteiger partial charge in [0.25, 0.3) is 0 Å². The van der Waals surface area contributed by atoms with Gasteiger partial charge >= 0.3 is 28.7 Å². The van der Waals surface area contributed by atoms with Crippen LogP contribution in [-0.2, 0) is 32.3 Å². The highest BCUT2D eigenvalue weighted by atomic mass is 33.5. The lowest BCUT2D eigenvalue weighted by Crippen LogP contribution is -2.11. The Hall–Kier alpha value is 0.0800. The molecule has 0 radical (unpaired) electrons. The van der Waals surface area contributed by atoms with Crippen molar-refractivity contribution in [2.24, 2.45) is 0 Å². The second-order valence-electron chi connectivity index (χ2n) is 1.40. The molecule has 0 aromatic heterocycles. The summed E-state index contributed by atoms with van der Waals surface area (Å²) in [4.78, 5) is 0. The van der Waals surface area contributed by atoms with Crippen molar-refractivity contribution in [1.29, 1.82) is 0 Å². The molecule has 13 heavy (non-hydrogen) atoms. The Bertz CT molecular complexity index is 416. The molecule has 0 heterocycles. The molecule has 0 rings (SSSR count). The van der Waals surface area contributed by atoms with Crippen LogP contribution in [0, 0.1) is 0 Å². The van der Waals surface area contributed by atoms with Gasteiger partial charge in [0.15, 0.2) is 9.83 Å². The van der Waals surface area contributed by atoms with E-state index in [4.69, 9.17) is 9.11 Å². The predicted molar refractivity (Wildman–Crippen MR) is 40.7 cm³/mol. The van der Waals surface area contributed by atoms with Crippen LogP contribution < -0.4 is 0 Å². The first kappa shape index (κ1) is 13.1. The van der Waals surface area contributed by atoms with Crippen molar-refractivity contribution >= 4 is 38.5 Å². The van der Waals surface area contributed by atoms with Crippen LogP contribution in [0.15, 0.2) is 0 Å². The van der Waals surface area contributed by atoms with Gasteiger partial charge in [-0.05, 0) is 0 Å². The molecule has 0 aliphatic heterocycles. The maximum atomic E-state index is 10.3. The summed E-state index contributed by atoms with van der Waals surface area (Å²) in [5.74, 6) is 0. The summed E-state index contributed by atoms with van der Waals surface area (Å²) in [7, 11) is -16.7. The first-order valence-electron chi connectivity index (χ1n) is 2.03. The average molecular weight is 274 g/mol. The van der Waals surface area contributed by atoms with Gasteiger partial charge in [0.1, 0.15) is 0 Å². The molecule has 0 unspecified atom stereocenters. The molecule has 0 bridgehead atoms. The van der Waals surface area contributed by atoms with Crippen molar-refractivity contribution in [3.63, 3.8) is 0 Å². The standard InChI is InChI=1S/H2O9S4/c1-11(2,3)9-13(7,8)10-12(4,5)6/h(H,1,2,3)(H,4,5,6). The summed E-state index contributed by atoms with van der Waals surface area (Å²) in [6.45, 7) is 0. The van der Waals surface area contributed by atoms with Crippen LogP contribution in [0.4, 0.5) is 0 Å². The summed E-state index contributed by atoms with van der Waals surface area (Å²) < 4.78 is 78.8. The van der Waals surface area contributed by atoms with Gasteiger partial charge in [-0.3, -0.25) is 9.11 Å². The van der Waals surface area contributed by atoms with Gasteiger partial charge in [0.05, 0.1) is 0 Å². The van der Waals surface area contributed by atoms with E-state index in [-0.39, 0.29) is 0 Å². The highest BCUT2D eigenvalue weighted by Gasteiger charge is 2.28. The number of hydrogen-bond acceptors (Lipinski definition) is 8. The van der Waals surface area contributed by atoms with E-state index in [0.29, 0.717) is 0 Å². The van der Waals surface area contributed by atoms with E-state index < -0.39 is 38.5 Å². The lowest BCUT2D eigenvalue weighted by atomic mass is 15.8. The van der Waals surface area contributed by atoms with Crippen LogP contribution in [-0.4, -0.2) is 34.4 Å². The predicted octanol–water partition coefficient (Wildman–Crippen LogP) is -1.41. The van der Waals surface area contributed by atoms with E-state index in [1.165, 1.54) is 0 Å². The van der Waals surface area contributed by atoms with Gasteiger partial charge in [0.2, 0.25) is 0 Å². The van der Waals surface area contributed by atoms with Crippen molar-refractivity contribution < 1.29 is 38.0 Å². The Labute approximate surface area is 76.7 Å². The fourth-order valence-electron chi connectivity index (χ4n) is 0.222. The van der Waals surface area contributed by atoms with E-state index in [1.54, 1.807) is 0 Å². The molecule has 0 aliphatic rings. The fourth-order valence-corrected chi connectivity index (χ4v) is 5.34. The molecule has 0 spiro atoms. The van der Waals surface area contributed by atoms with Crippen molar-refractivity contribution in [1.82, 2.24) is 0 Å². The van der Waals surface area contributed by atoms with E-state index >= 15 is 0 Å². The van der Waals surface area contributed by atoms with Crippen molar-refractivity contribution in [3.05, 3.63) is 0 Å². The van der Waals surface area contributed by atoms with Crippen LogP contribution in [0.3, 0.4) is 0 Å². The fraction of sp³-hybridized carbons (Fsp3) is 0. The maximum absolute atomic E-state index is 10.3. The van der Waals surface area contributed by atoms with Crippen molar-refractivity contribution in [2.45, 2.75) is 0 Å². The summed E-state index contributed by atoms with van der Waals surface area (Å²) in [6, 6.07) is 0. The Balaban J connectivity index is 4.86. The first-order chi connectivity index (χ1) is 5.41. The molecule has 0 aromatic carbocycles. The van der Waals surface area contributed by atoms with Gasteiger partial charge in [-0.25, -0.2) is 0 Å². The molecule has 0 aliphatic carbocycles. The molecule has 0 saturated carbocycles. The Morgan fingerprint density at radius 1 is 0.923 bits per heavy atom. The third-order valence-corrected chi connectivity index (χ3v) is 6.60. The molecular formula is H2O9S4. The molecule has 9 nitrogen and oxygen atoms in total. The molecule has 0 saturated heterocycles. The molecule has 0 amide bonds. The third-order valence-electron chi connectivity index (χ3n) is 0.339. The lowest BCUT2D eigenvalue weighted by molar-refractivity contribution is 0.389. The molecule has 13 heteroatoms. The van der Waals surface area contributed by atoms with E-state index in [1.807, 2.05) is 0 Å². The zero-order valence-electron chi connectivity index (χ0n) is 5.39. The third kappa shape index (κ3) is 8.41. The summed E-state index contributed by atoms with van der Waals surface area (Å²) in [5, 5.41) is 0. The molecule has 0 aromatic rings. The summed E-state index contributed by atoms with van der Waals surface area (Å²) in [6.07, 6.45) is 0. The Morgan fingerprint density at radius 3 is 1.54 bits per heavy atom. The first-order valence-corrected chi connectivity index (χ1v) is 8.10. The van der Waals surface area contributed by atoms with Crippen LogP contribution in [0.25, 0.3) is 0 Å². The van der Waals surface area contributed by atoms with Crippen LogP contribution >= 0.6 is 9.83 Å². The second kappa shape index (κ2) is 3.68. The number of rotatable bonds is 4. The quantitative estimate of drug-likeness (QED) is 0.461. The largest absolute Gasteiger partial charge is 0.412 e. The summed E-state index contributed by atoms with van der Waals surface area (Å²) >= 11 is 0. The monoisotopic (exact) mass is 274 g/mol. The van der Waals surface area contributed by atoms with Crippen molar-refractivity contribution in [3.8, 4) is 0 Å². The highest BCUT2D eigenvalue weighted by Crippen LogP contribution is 2.21. The average Bonchev–Trinajstić information content (AvgIpc) is 1.43. The van der Waals surface area contributed by atoms with Gasteiger partial charge in [-0.2, -0.15) is 25.3 Å². The van der Waals surface area contributed by atoms with E-state index in [2.05, 4.69) is 3.63 Å². The highest BCUT2D eigenvalue weighted by molar-refractivity contribution is 9.02. The van der Waals surface area contributed by atoms with Gasteiger partial charge in [-0.1, -0.05) is 0 Å². The van der Waals surface area contributed by atoms with E-state index in [0.717, 1.165) is 0 Å². The second-order valence-corrected chi connectivity index (χ2v) is 8.73. The van der Waals surface area contributed by atoms with Crippen LogP contribution in [0.2, 0.25) is 0 Å². The minimum Gasteiger partial charge on any atom is -0.276 e. The summed E-state index contributed by atoms with van der Waals surface area (Å²) in [5.41, 5.74) is 0. The molecule has 2 N–H and O–H groups in total. The zero-order valence-corrected chi connectivity index (χ0v) is 8.65. The zero-order chi connectivity index (χ0) is 10.9.